The van der Waals surface area contributed by atoms with Crippen molar-refractivity contribution in [2.45, 2.75) is 39.7 Å². The third-order valence-electron chi connectivity index (χ3n) is 3.26. The number of methoxy groups -OCH3 is 1. The number of thiocarbonyl (C=S) groups is 1. The molecule has 0 aromatic heterocycles. The van der Waals surface area contributed by atoms with E-state index < -0.39 is 5.97 Å². The fourth-order valence-electron chi connectivity index (χ4n) is 2.02. The summed E-state index contributed by atoms with van der Waals surface area (Å²) in [6, 6.07) is 5.58. The highest BCUT2D eigenvalue weighted by Gasteiger charge is 2.10. The smallest absolute Gasteiger partial charge is 0.306 e. The lowest BCUT2D eigenvalue weighted by Gasteiger charge is -2.13. The van der Waals surface area contributed by atoms with Crippen LogP contribution < -0.4 is 20.1 Å². The van der Waals surface area contributed by atoms with Crippen molar-refractivity contribution in [3.8, 4) is 11.5 Å². The molecule has 1 aromatic carbocycles. The first-order valence-corrected chi connectivity index (χ1v) is 8.94. The molecule has 7 nitrogen and oxygen atoms in total. The van der Waals surface area contributed by atoms with E-state index in [-0.39, 0.29) is 23.9 Å². The highest BCUT2D eigenvalue weighted by molar-refractivity contribution is 7.80. The predicted molar refractivity (Wildman–Crippen MR) is 102 cm³/mol. The zero-order valence-corrected chi connectivity index (χ0v) is 16.2. The van der Waals surface area contributed by atoms with E-state index >= 15 is 0 Å². The summed E-state index contributed by atoms with van der Waals surface area (Å²) in [6.45, 7) is 5.09. The van der Waals surface area contributed by atoms with Crippen LogP contribution in [-0.4, -0.2) is 37.3 Å². The van der Waals surface area contributed by atoms with E-state index in [4.69, 9.17) is 26.4 Å². The van der Waals surface area contributed by atoms with Gasteiger partial charge in [0.2, 0.25) is 5.91 Å². The largest absolute Gasteiger partial charge is 0.493 e. The van der Waals surface area contributed by atoms with Crippen LogP contribution in [0.3, 0.4) is 0 Å². The third kappa shape index (κ3) is 8.15. The van der Waals surface area contributed by atoms with Crippen LogP contribution in [0, 0.1) is 0 Å². The summed E-state index contributed by atoms with van der Waals surface area (Å²) in [6.07, 6.45) is 0.966. The van der Waals surface area contributed by atoms with E-state index in [0.29, 0.717) is 31.3 Å². The maximum Gasteiger partial charge on any atom is 0.306 e. The Labute approximate surface area is 159 Å². The average molecular weight is 382 g/mol. The molecule has 2 N–H and O–H groups in total. The summed E-state index contributed by atoms with van der Waals surface area (Å²) >= 11 is 5.09. The molecular formula is C18H26N2O5S. The van der Waals surface area contributed by atoms with E-state index in [1.54, 1.807) is 14.0 Å². The van der Waals surface area contributed by atoms with Crippen LogP contribution in [0.4, 0.5) is 0 Å². The molecule has 8 heteroatoms. The second kappa shape index (κ2) is 12.1. The van der Waals surface area contributed by atoms with Crippen LogP contribution in [0.15, 0.2) is 18.2 Å². The quantitative estimate of drug-likeness (QED) is 0.474. The molecule has 1 rings (SSSR count). The summed E-state index contributed by atoms with van der Waals surface area (Å²) in [5, 5.41) is 5.68. The lowest BCUT2D eigenvalue weighted by molar-refractivity contribution is -0.144. The molecule has 0 unspecified atom stereocenters. The van der Waals surface area contributed by atoms with Crippen molar-refractivity contribution in [2.24, 2.45) is 0 Å². The molecule has 0 bridgehead atoms. The average Bonchev–Trinajstić information content (AvgIpc) is 2.63. The first-order valence-electron chi connectivity index (χ1n) is 8.53. The molecule has 26 heavy (non-hydrogen) atoms. The second-order valence-corrected chi connectivity index (χ2v) is 5.78. The Morgan fingerprint density at radius 2 is 1.92 bits per heavy atom. The van der Waals surface area contributed by atoms with Gasteiger partial charge in [0, 0.05) is 13.0 Å². The number of hydrogen-bond acceptors (Lipinski definition) is 6. The second-order valence-electron chi connectivity index (χ2n) is 5.37. The Kier molecular flexibility index (Phi) is 10.1. The van der Waals surface area contributed by atoms with Crippen LogP contribution in [-0.2, 0) is 20.9 Å². The number of amides is 1. The standard InChI is InChI=1S/C18H26N2O5S/c1-4-10-25-14-7-6-13(11-15(14)23-3)12-19-18(26)20-16(21)8-9-17(22)24-5-2/h6-7,11H,4-5,8-10,12H2,1-3H3,(H2,19,20,21,26). The van der Waals surface area contributed by atoms with Crippen molar-refractivity contribution < 1.29 is 23.8 Å². The fourth-order valence-corrected chi connectivity index (χ4v) is 2.20. The van der Waals surface area contributed by atoms with Gasteiger partial charge in [0.1, 0.15) is 0 Å². The normalized spacial score (nSPS) is 9.96. The molecule has 1 amide bonds. The number of nitrogens with one attached hydrogen (secondary N) is 2. The molecule has 0 fully saturated rings. The first kappa shape index (κ1) is 21.7. The number of carbonyl (C=O) groups excluding carboxylic acids is 2. The molecule has 144 valence electrons. The first-order chi connectivity index (χ1) is 12.5. The van der Waals surface area contributed by atoms with Gasteiger partial charge >= 0.3 is 5.97 Å². The Bertz CT molecular complexity index is 622. The topological polar surface area (TPSA) is 85.9 Å². The zero-order valence-electron chi connectivity index (χ0n) is 15.4. The number of carbonyl (C=O) groups is 2. The van der Waals surface area contributed by atoms with Gasteiger partial charge in [0.25, 0.3) is 0 Å². The van der Waals surface area contributed by atoms with Gasteiger partial charge < -0.3 is 24.8 Å². The molecule has 0 heterocycles. The molecule has 0 aliphatic heterocycles. The number of hydrogen-bond donors (Lipinski definition) is 2. The van der Waals surface area contributed by atoms with E-state index in [1.165, 1.54) is 0 Å². The van der Waals surface area contributed by atoms with Gasteiger partial charge in [-0.15, -0.1) is 0 Å². The van der Waals surface area contributed by atoms with Crippen molar-refractivity contribution in [3.05, 3.63) is 23.8 Å². The van der Waals surface area contributed by atoms with Gasteiger partial charge in [-0.25, -0.2) is 0 Å². The number of ether oxygens (including phenoxy) is 3. The minimum Gasteiger partial charge on any atom is -0.493 e. The van der Waals surface area contributed by atoms with Crippen LogP contribution >= 0.6 is 12.2 Å². The maximum atomic E-state index is 11.7. The van der Waals surface area contributed by atoms with Crippen LogP contribution in [0.1, 0.15) is 38.7 Å². The summed E-state index contributed by atoms with van der Waals surface area (Å²) < 4.78 is 15.7. The number of rotatable bonds is 10. The number of esters is 1. The van der Waals surface area contributed by atoms with Gasteiger partial charge in [0.15, 0.2) is 16.6 Å². The van der Waals surface area contributed by atoms with E-state index in [1.807, 2.05) is 25.1 Å². The Balaban J connectivity index is 2.44. The molecular weight excluding hydrogens is 356 g/mol. The Hall–Kier alpha value is -2.35. The molecule has 0 aliphatic rings. The van der Waals surface area contributed by atoms with Crippen molar-refractivity contribution in [3.63, 3.8) is 0 Å². The highest BCUT2D eigenvalue weighted by Crippen LogP contribution is 2.28. The zero-order chi connectivity index (χ0) is 19.4. The van der Waals surface area contributed by atoms with Gasteiger partial charge in [-0.3, -0.25) is 9.59 Å². The van der Waals surface area contributed by atoms with E-state index in [9.17, 15) is 9.59 Å². The number of benzene rings is 1. The molecule has 0 saturated carbocycles. The maximum absolute atomic E-state index is 11.7. The van der Waals surface area contributed by atoms with E-state index in [2.05, 4.69) is 10.6 Å². The van der Waals surface area contributed by atoms with Gasteiger partial charge in [-0.2, -0.15) is 0 Å². The van der Waals surface area contributed by atoms with Crippen molar-refractivity contribution in [1.82, 2.24) is 10.6 Å². The van der Waals surface area contributed by atoms with Crippen molar-refractivity contribution in [2.75, 3.05) is 20.3 Å². The predicted octanol–water partition coefficient (Wildman–Crippen LogP) is 2.32. The summed E-state index contributed by atoms with van der Waals surface area (Å²) in [4.78, 5) is 23.0. The third-order valence-corrected chi connectivity index (χ3v) is 3.50. The SMILES string of the molecule is CCCOc1ccc(CNC(=S)NC(=O)CCC(=O)OCC)cc1OC. The molecule has 0 saturated heterocycles. The Morgan fingerprint density at radius 1 is 1.15 bits per heavy atom. The molecule has 1 aromatic rings. The summed E-state index contributed by atoms with van der Waals surface area (Å²) in [7, 11) is 1.58. The van der Waals surface area contributed by atoms with Gasteiger partial charge in [-0.05, 0) is 43.3 Å². The monoisotopic (exact) mass is 382 g/mol. The minimum atomic E-state index is -0.404. The minimum absolute atomic E-state index is 0.0257. The van der Waals surface area contributed by atoms with Crippen LogP contribution in [0.5, 0.6) is 11.5 Å². The fraction of sp³-hybridized carbons (Fsp3) is 0.500. The van der Waals surface area contributed by atoms with Crippen LogP contribution in [0.25, 0.3) is 0 Å². The van der Waals surface area contributed by atoms with Gasteiger partial charge in [-0.1, -0.05) is 13.0 Å². The molecule has 0 atom stereocenters. The molecule has 0 radical (unpaired) electrons. The van der Waals surface area contributed by atoms with Crippen molar-refractivity contribution in [1.29, 1.82) is 0 Å². The van der Waals surface area contributed by atoms with Crippen molar-refractivity contribution >= 4 is 29.2 Å². The lowest BCUT2D eigenvalue weighted by atomic mass is 10.2. The van der Waals surface area contributed by atoms with Gasteiger partial charge in [0.05, 0.1) is 26.7 Å². The van der Waals surface area contributed by atoms with Crippen LogP contribution in [0.2, 0.25) is 0 Å². The molecule has 0 aliphatic carbocycles. The lowest BCUT2D eigenvalue weighted by Crippen LogP contribution is -2.39. The Morgan fingerprint density at radius 3 is 2.58 bits per heavy atom. The van der Waals surface area contributed by atoms with E-state index in [0.717, 1.165) is 12.0 Å². The summed E-state index contributed by atoms with van der Waals surface area (Å²) in [5.74, 6) is 0.588. The summed E-state index contributed by atoms with van der Waals surface area (Å²) in [5.41, 5.74) is 0.925. The molecule has 0 spiro atoms. The highest BCUT2D eigenvalue weighted by atomic mass is 32.1.